The number of fused-ring (bicyclic) bond motifs is 1. The third-order valence-corrected chi connectivity index (χ3v) is 4.66. The van der Waals surface area contributed by atoms with E-state index in [0.717, 1.165) is 5.69 Å². The molecular formula is C17H17Cl2N. The molecule has 0 saturated heterocycles. The number of anilines is 1. The predicted octanol–water partition coefficient (Wildman–Crippen LogP) is 5.66. The lowest BCUT2D eigenvalue weighted by Crippen LogP contribution is -2.07. The summed E-state index contributed by atoms with van der Waals surface area (Å²) in [6.45, 7) is 2.17. The number of nitrogens with one attached hydrogen (secondary N) is 1. The number of hydrogen-bond acceptors (Lipinski definition) is 1. The molecular weight excluding hydrogens is 289 g/mol. The van der Waals surface area contributed by atoms with E-state index >= 15 is 0 Å². The van der Waals surface area contributed by atoms with Crippen molar-refractivity contribution < 1.29 is 0 Å². The number of hydrogen-bond donors (Lipinski definition) is 1. The van der Waals surface area contributed by atoms with Gasteiger partial charge in [0.05, 0.1) is 10.0 Å². The van der Waals surface area contributed by atoms with Gasteiger partial charge < -0.3 is 5.32 Å². The highest BCUT2D eigenvalue weighted by molar-refractivity contribution is 6.42. The first-order valence-electron chi connectivity index (χ1n) is 6.97. The Hall–Kier alpha value is -1.18. The number of rotatable bonds is 3. The van der Waals surface area contributed by atoms with Crippen molar-refractivity contribution in [1.29, 1.82) is 0 Å². The number of halogens is 2. The van der Waals surface area contributed by atoms with Crippen LogP contribution in [0.15, 0.2) is 36.4 Å². The van der Waals surface area contributed by atoms with Crippen molar-refractivity contribution in [2.45, 2.75) is 32.2 Å². The first-order chi connectivity index (χ1) is 9.63. The molecule has 2 aromatic carbocycles. The summed E-state index contributed by atoms with van der Waals surface area (Å²) >= 11 is 12.0. The van der Waals surface area contributed by atoms with Crippen LogP contribution >= 0.6 is 23.2 Å². The average molecular weight is 306 g/mol. The van der Waals surface area contributed by atoms with E-state index in [1.807, 2.05) is 18.2 Å². The maximum atomic E-state index is 6.05. The molecule has 1 atom stereocenters. The van der Waals surface area contributed by atoms with Crippen LogP contribution in [-0.4, -0.2) is 0 Å². The van der Waals surface area contributed by atoms with Crippen LogP contribution < -0.4 is 5.32 Å². The molecule has 0 amide bonds. The van der Waals surface area contributed by atoms with Crippen LogP contribution in [0.1, 0.15) is 36.1 Å². The zero-order valence-electron chi connectivity index (χ0n) is 11.4. The van der Waals surface area contributed by atoms with E-state index in [2.05, 4.69) is 30.4 Å². The molecule has 1 nitrogen and oxygen atoms in total. The predicted molar refractivity (Wildman–Crippen MR) is 87.0 cm³/mol. The van der Waals surface area contributed by atoms with Crippen molar-refractivity contribution in [2.24, 2.45) is 0 Å². The van der Waals surface area contributed by atoms with Gasteiger partial charge in [0.15, 0.2) is 0 Å². The summed E-state index contributed by atoms with van der Waals surface area (Å²) in [7, 11) is 0. The van der Waals surface area contributed by atoms with E-state index in [-0.39, 0.29) is 6.04 Å². The van der Waals surface area contributed by atoms with E-state index in [0.29, 0.717) is 10.0 Å². The molecule has 0 fully saturated rings. The Bertz CT molecular complexity index is 637. The molecule has 1 unspecified atom stereocenters. The van der Waals surface area contributed by atoms with Crippen LogP contribution in [0.3, 0.4) is 0 Å². The number of benzene rings is 2. The Balaban J connectivity index is 1.78. The molecule has 2 aromatic rings. The molecule has 1 aliphatic rings. The van der Waals surface area contributed by atoms with E-state index in [9.17, 15) is 0 Å². The summed E-state index contributed by atoms with van der Waals surface area (Å²) in [4.78, 5) is 0. The van der Waals surface area contributed by atoms with Crippen molar-refractivity contribution in [2.75, 3.05) is 5.32 Å². The molecule has 1 aliphatic carbocycles. The maximum Gasteiger partial charge on any atom is 0.0612 e. The normalized spacial score (nSPS) is 14.9. The second-order valence-corrected chi connectivity index (χ2v) is 6.19. The highest BCUT2D eigenvalue weighted by Crippen LogP contribution is 2.29. The monoisotopic (exact) mass is 305 g/mol. The smallest absolute Gasteiger partial charge is 0.0612 e. The molecule has 0 radical (unpaired) electrons. The van der Waals surface area contributed by atoms with Crippen LogP contribution in [0.4, 0.5) is 5.69 Å². The summed E-state index contributed by atoms with van der Waals surface area (Å²) in [5.74, 6) is 0. The summed E-state index contributed by atoms with van der Waals surface area (Å²) in [5, 5.41) is 4.64. The highest BCUT2D eigenvalue weighted by Gasteiger charge is 2.13. The van der Waals surface area contributed by atoms with Crippen LogP contribution in [0.25, 0.3) is 0 Å². The van der Waals surface area contributed by atoms with Gasteiger partial charge in [-0.2, -0.15) is 0 Å². The maximum absolute atomic E-state index is 6.05. The first-order valence-corrected chi connectivity index (χ1v) is 7.72. The molecule has 0 heterocycles. The van der Waals surface area contributed by atoms with Crippen molar-refractivity contribution in [3.8, 4) is 0 Å². The minimum absolute atomic E-state index is 0.248. The SMILES string of the molecule is CC(Nc1ccc(Cl)c(Cl)c1)c1ccc2c(c1)CCC2. The third kappa shape index (κ3) is 2.79. The van der Waals surface area contributed by atoms with Gasteiger partial charge in [-0.3, -0.25) is 0 Å². The second-order valence-electron chi connectivity index (χ2n) is 5.38. The van der Waals surface area contributed by atoms with Crippen LogP contribution in [-0.2, 0) is 12.8 Å². The molecule has 104 valence electrons. The Labute approximate surface area is 129 Å². The second kappa shape index (κ2) is 5.67. The topological polar surface area (TPSA) is 12.0 Å². The van der Waals surface area contributed by atoms with Crippen LogP contribution in [0, 0.1) is 0 Å². The van der Waals surface area contributed by atoms with Gasteiger partial charge in [-0.05, 0) is 61.1 Å². The quantitative estimate of drug-likeness (QED) is 0.772. The van der Waals surface area contributed by atoms with Crippen molar-refractivity contribution >= 4 is 28.9 Å². The van der Waals surface area contributed by atoms with Crippen molar-refractivity contribution in [3.05, 3.63) is 63.1 Å². The lowest BCUT2D eigenvalue weighted by molar-refractivity contribution is 0.879. The fourth-order valence-corrected chi connectivity index (χ4v) is 3.08. The van der Waals surface area contributed by atoms with E-state index < -0.39 is 0 Å². The molecule has 0 bridgehead atoms. The van der Waals surface area contributed by atoms with E-state index in [1.54, 1.807) is 0 Å². The minimum atomic E-state index is 0.248. The summed E-state index contributed by atoms with van der Waals surface area (Å²) < 4.78 is 0. The summed E-state index contributed by atoms with van der Waals surface area (Å²) in [5.41, 5.74) is 5.32. The number of aryl methyl sites for hydroxylation is 2. The van der Waals surface area contributed by atoms with Crippen LogP contribution in [0.5, 0.6) is 0 Å². The fraction of sp³-hybridized carbons (Fsp3) is 0.294. The van der Waals surface area contributed by atoms with E-state index in [1.165, 1.54) is 36.0 Å². The Morgan fingerprint density at radius 1 is 0.950 bits per heavy atom. The van der Waals surface area contributed by atoms with Crippen molar-refractivity contribution in [3.63, 3.8) is 0 Å². The molecule has 0 aromatic heterocycles. The Morgan fingerprint density at radius 2 is 1.75 bits per heavy atom. The van der Waals surface area contributed by atoms with Gasteiger partial charge in [-0.1, -0.05) is 41.4 Å². The highest BCUT2D eigenvalue weighted by atomic mass is 35.5. The van der Waals surface area contributed by atoms with Gasteiger partial charge in [0, 0.05) is 11.7 Å². The van der Waals surface area contributed by atoms with Crippen molar-refractivity contribution in [1.82, 2.24) is 0 Å². The van der Waals surface area contributed by atoms with Crippen LogP contribution in [0.2, 0.25) is 10.0 Å². The Morgan fingerprint density at radius 3 is 2.55 bits per heavy atom. The molecule has 0 saturated carbocycles. The van der Waals surface area contributed by atoms with Gasteiger partial charge in [0.25, 0.3) is 0 Å². The summed E-state index contributed by atoms with van der Waals surface area (Å²) in [6, 6.07) is 12.7. The van der Waals surface area contributed by atoms with Gasteiger partial charge in [0.1, 0.15) is 0 Å². The fourth-order valence-electron chi connectivity index (χ4n) is 2.78. The first kappa shape index (κ1) is 13.8. The third-order valence-electron chi connectivity index (χ3n) is 3.93. The largest absolute Gasteiger partial charge is 0.378 e. The van der Waals surface area contributed by atoms with Gasteiger partial charge >= 0.3 is 0 Å². The molecule has 3 heteroatoms. The lowest BCUT2D eigenvalue weighted by atomic mass is 10.0. The molecule has 1 N–H and O–H groups in total. The lowest BCUT2D eigenvalue weighted by Gasteiger charge is -2.17. The zero-order valence-corrected chi connectivity index (χ0v) is 12.9. The van der Waals surface area contributed by atoms with Gasteiger partial charge in [-0.15, -0.1) is 0 Å². The Kier molecular flexibility index (Phi) is 3.91. The average Bonchev–Trinajstić information content (AvgIpc) is 2.90. The molecule has 20 heavy (non-hydrogen) atoms. The standard InChI is InChI=1S/C17H17Cl2N/c1-11(20-15-7-8-16(18)17(19)10-15)13-6-5-12-3-2-4-14(12)9-13/h5-11,20H,2-4H2,1H3. The molecule has 0 aliphatic heterocycles. The van der Waals surface area contributed by atoms with Gasteiger partial charge in [-0.25, -0.2) is 0 Å². The minimum Gasteiger partial charge on any atom is -0.378 e. The molecule has 0 spiro atoms. The zero-order chi connectivity index (χ0) is 14.1. The molecule has 3 rings (SSSR count). The summed E-state index contributed by atoms with van der Waals surface area (Å²) in [6.07, 6.45) is 3.72. The van der Waals surface area contributed by atoms with E-state index in [4.69, 9.17) is 23.2 Å². The van der Waals surface area contributed by atoms with Gasteiger partial charge in [0.2, 0.25) is 0 Å².